The molecular formula is C17H29NO20P4S2-8. The fraction of sp³-hybridized carbons (Fsp3) is 0.647. The van der Waals surface area contributed by atoms with Crippen molar-refractivity contribution in [2.75, 3.05) is 18.9 Å². The quantitative estimate of drug-likeness (QED) is 0.0803. The Morgan fingerprint density at radius 1 is 0.864 bits per heavy atom. The number of allylic oxidation sites excluding steroid dienone is 1. The van der Waals surface area contributed by atoms with Gasteiger partial charge in [-0.05, 0) is 25.3 Å². The van der Waals surface area contributed by atoms with E-state index in [4.69, 9.17) is 0 Å². The molecule has 4 unspecified atom stereocenters. The van der Waals surface area contributed by atoms with Gasteiger partial charge in [0, 0.05) is 36.6 Å². The van der Waals surface area contributed by atoms with E-state index in [9.17, 15) is 83.2 Å². The van der Waals surface area contributed by atoms with E-state index in [1.165, 1.54) is 13.8 Å². The number of carbonyl (C=O) groups excluding carboxylic acids is 2. The van der Waals surface area contributed by atoms with Crippen molar-refractivity contribution in [1.82, 2.24) is 5.32 Å². The predicted octanol–water partition coefficient (Wildman–Crippen LogP) is -3.55. The summed E-state index contributed by atoms with van der Waals surface area (Å²) in [5.74, 6) is -1.98. The largest absolute Gasteiger partial charge is 0.790 e. The molecule has 0 saturated heterocycles. The Hall–Kier alpha value is -0.960. The van der Waals surface area contributed by atoms with Crippen LogP contribution in [0.1, 0.15) is 39.5 Å². The predicted molar refractivity (Wildman–Crippen MR) is 137 cm³/mol. The molecule has 0 spiro atoms. The zero-order valence-electron chi connectivity index (χ0n) is 22.9. The molecule has 262 valence electrons. The van der Waals surface area contributed by atoms with Crippen molar-refractivity contribution in [2.24, 2.45) is 5.92 Å². The molecule has 0 aromatic heterocycles. The van der Waals surface area contributed by atoms with Crippen LogP contribution in [0.4, 0.5) is 0 Å². The van der Waals surface area contributed by atoms with Crippen LogP contribution < -0.4 is 34.7 Å². The third-order valence-corrected chi connectivity index (χ3v) is 11.3. The van der Waals surface area contributed by atoms with E-state index in [1.807, 2.05) is 0 Å². The van der Waals surface area contributed by atoms with Crippen LogP contribution in [0.5, 0.6) is 0 Å². The van der Waals surface area contributed by atoms with Crippen LogP contribution in [0.2, 0.25) is 0 Å². The number of carbonyl (C=O) groups is 2. The van der Waals surface area contributed by atoms with Crippen molar-refractivity contribution in [3.05, 3.63) is 24.6 Å². The number of hydrogen-bond acceptors (Lipinski definition) is 20. The zero-order chi connectivity index (χ0) is 35.8. The summed E-state index contributed by atoms with van der Waals surface area (Å²) in [6.45, 7) is 8.18. The minimum atomic E-state index is -5.70. The summed E-state index contributed by atoms with van der Waals surface area (Å²) in [4.78, 5) is 84.7. The average molecular weight is 755 g/mol. The third-order valence-electron chi connectivity index (χ3n) is 4.35. The van der Waals surface area contributed by atoms with Gasteiger partial charge in [0.2, 0.25) is 5.91 Å². The van der Waals surface area contributed by atoms with E-state index in [0.717, 1.165) is 6.08 Å². The van der Waals surface area contributed by atoms with Gasteiger partial charge in [0.15, 0.2) is 5.78 Å². The summed E-state index contributed by atoms with van der Waals surface area (Å²) in [7, 11) is -29.6. The minimum absolute atomic E-state index is 0.0232. The van der Waals surface area contributed by atoms with Crippen molar-refractivity contribution in [3.8, 4) is 0 Å². The lowest BCUT2D eigenvalue weighted by Crippen LogP contribution is -2.35. The highest BCUT2D eigenvalue weighted by atomic mass is 32.2. The number of rotatable bonds is 18. The molecule has 0 bridgehead atoms. The molecule has 1 N–H and O–H groups in total. The van der Waals surface area contributed by atoms with E-state index in [0.29, 0.717) is 5.41 Å². The second kappa shape index (κ2) is 20.3. The fourth-order valence-electron chi connectivity index (χ4n) is 2.42. The molecule has 4 atom stereocenters. The van der Waals surface area contributed by atoms with Crippen LogP contribution in [0.15, 0.2) is 24.6 Å². The molecule has 0 rings (SSSR count). The van der Waals surface area contributed by atoms with E-state index in [2.05, 4.69) is 27.1 Å². The van der Waals surface area contributed by atoms with Gasteiger partial charge in [-0.2, -0.15) is 0 Å². The van der Waals surface area contributed by atoms with Gasteiger partial charge in [-0.25, -0.2) is 16.8 Å². The average Bonchev–Trinajstić information content (AvgIpc) is 2.78. The summed E-state index contributed by atoms with van der Waals surface area (Å²) in [5, 5.41) is 1.23. The van der Waals surface area contributed by atoms with Gasteiger partial charge in [-0.1, -0.05) is 27.0 Å². The lowest BCUT2D eigenvalue weighted by Gasteiger charge is -2.36. The van der Waals surface area contributed by atoms with Crippen molar-refractivity contribution in [1.29, 1.82) is 0 Å². The Morgan fingerprint density at radius 3 is 1.59 bits per heavy atom. The van der Waals surface area contributed by atoms with E-state index in [1.54, 1.807) is 0 Å². The Labute approximate surface area is 253 Å². The van der Waals surface area contributed by atoms with Crippen LogP contribution >= 0.6 is 30.8 Å². The summed E-state index contributed by atoms with van der Waals surface area (Å²) in [6, 6.07) is 0. The normalized spacial score (nSPS) is 16.2. The summed E-state index contributed by atoms with van der Waals surface area (Å²) >= 11 is 0. The number of hydrogen-bond donors (Lipinski definition) is 1. The van der Waals surface area contributed by atoms with Gasteiger partial charge in [-0.15, -0.1) is 0 Å². The monoisotopic (exact) mass is 755 g/mol. The molecule has 27 heteroatoms. The van der Waals surface area contributed by atoms with E-state index >= 15 is 0 Å². The smallest absolute Gasteiger partial charge is 0.222 e. The molecule has 0 aromatic carbocycles. The van der Waals surface area contributed by atoms with Crippen molar-refractivity contribution in [3.63, 3.8) is 0 Å². The van der Waals surface area contributed by atoms with Crippen molar-refractivity contribution < 1.29 is 91.8 Å². The number of ketones is 1. The lowest BCUT2D eigenvalue weighted by molar-refractivity contribution is -0.340. The van der Waals surface area contributed by atoms with Gasteiger partial charge in [-0.3, -0.25) is 9.59 Å². The van der Waals surface area contributed by atoms with E-state index < -0.39 is 87.0 Å². The molecule has 1 amide bonds. The Morgan fingerprint density at radius 2 is 1.27 bits per heavy atom. The molecule has 0 aliphatic heterocycles. The molecule has 21 nitrogen and oxygen atoms in total. The van der Waals surface area contributed by atoms with Crippen molar-refractivity contribution in [2.45, 2.75) is 44.8 Å². The van der Waals surface area contributed by atoms with Crippen LogP contribution in [0.25, 0.3) is 0 Å². The van der Waals surface area contributed by atoms with Crippen LogP contribution in [-0.4, -0.2) is 61.8 Å². The maximum atomic E-state index is 11.7. The molecule has 0 saturated carbocycles. The fourth-order valence-corrected chi connectivity index (χ4v) is 7.37. The second-order valence-corrected chi connectivity index (χ2v) is 17.5. The Kier molecular flexibility index (Phi) is 21.9. The Bertz CT molecular complexity index is 1360. The van der Waals surface area contributed by atoms with Crippen LogP contribution in [-0.2, 0) is 56.7 Å². The molecule has 0 aromatic rings. The third kappa shape index (κ3) is 31.0. The highest BCUT2D eigenvalue weighted by Crippen LogP contribution is 2.50. The first-order valence-electron chi connectivity index (χ1n) is 11.4. The number of phosphoric acid groups is 2. The second-order valence-electron chi connectivity index (χ2n) is 8.11. The Balaban J connectivity index is -0.000000681. The summed E-state index contributed by atoms with van der Waals surface area (Å²) < 4.78 is 110. The van der Waals surface area contributed by atoms with Gasteiger partial charge < -0.3 is 70.7 Å². The molecule has 0 heterocycles. The molecule has 44 heavy (non-hydrogen) atoms. The zero-order valence-corrected chi connectivity index (χ0v) is 28.2. The number of amides is 1. The van der Waals surface area contributed by atoms with Gasteiger partial charge in [0.05, 0.1) is 31.0 Å². The molecule has 0 fully saturated rings. The maximum absolute atomic E-state index is 11.7. The highest BCUT2D eigenvalue weighted by molar-refractivity contribution is 7.88. The van der Waals surface area contributed by atoms with Gasteiger partial charge in [0.25, 0.3) is 0 Å². The SMILES string of the molecule is C=CC(=O)CCCP(=O)([O-])OP(=O)([O-])[O-].C=CS(=O)(=O)[O-].CCC(CC(C)C(=O)NCCP(=O)([O-])OP(=O)([O-])[O-])S(=O)(=O)[O-]. The molecule has 0 radical (unpaired) electrons. The minimum Gasteiger partial charge on any atom is -0.790 e. The topological polar surface area (TPSA) is 386 Å². The molecule has 0 aliphatic rings. The summed E-state index contributed by atoms with van der Waals surface area (Å²) in [5.41, 5.74) is 0. The standard InChI is InChI=1S/C9H21NO10P2S.C6H12O7P2.C2H4O3S/c1-3-8(23(17,18)19)6-7(2)9(11)10-4-5-21(12,13)20-22(14,15)16;1-2-6(7)4-3-5-14(8,9)13-15(10,11)12;1-2-6(3,4)5/h7-8H,3-6H2,1-2H3,(H,10,11)(H,12,13)(H2,14,15,16)(H,17,18,19);2H,1,3-5H2,(H,8,9)(H2,10,11,12);2H,1H2,(H,3,4,5)/p-8. The van der Waals surface area contributed by atoms with Crippen LogP contribution in [0.3, 0.4) is 0 Å². The highest BCUT2D eigenvalue weighted by Gasteiger charge is 2.22. The van der Waals surface area contributed by atoms with E-state index in [-0.39, 0.29) is 31.5 Å². The first kappa shape index (κ1) is 47.4. The molecular weight excluding hydrogens is 726 g/mol. The lowest BCUT2D eigenvalue weighted by atomic mass is 10.0. The summed E-state index contributed by atoms with van der Waals surface area (Å²) in [6.07, 6.45) is -1.03. The van der Waals surface area contributed by atoms with Gasteiger partial charge in [0.1, 0.15) is 25.3 Å². The van der Waals surface area contributed by atoms with Crippen LogP contribution in [0, 0.1) is 5.92 Å². The number of nitrogens with one attached hydrogen (secondary N) is 1. The maximum Gasteiger partial charge on any atom is 0.222 e. The first-order chi connectivity index (χ1) is 19.4. The van der Waals surface area contributed by atoms with Crippen molar-refractivity contribution >= 4 is 62.8 Å². The first-order valence-corrected chi connectivity index (χ1v) is 20.7. The molecule has 0 aliphatic carbocycles. The van der Waals surface area contributed by atoms with Gasteiger partial charge >= 0.3 is 0 Å².